The van der Waals surface area contributed by atoms with Crippen molar-refractivity contribution in [2.24, 2.45) is 0 Å². The molecule has 8 aromatic carbocycles. The second kappa shape index (κ2) is 24.9. The Kier molecular flexibility index (Phi) is 18.2. The number of aryl methyl sites for hydroxylation is 1. The maximum Gasteiger partial charge on any atom is 0.298 e. The number of hydrogen-bond donors (Lipinski definition) is 4. The van der Waals surface area contributed by atoms with Crippen LogP contribution >= 0.6 is 24.1 Å². The molecule has 0 aliphatic heterocycles. The van der Waals surface area contributed by atoms with Crippen LogP contribution in [0.15, 0.2) is 209 Å². The molecule has 0 radical (unpaired) electrons. The maximum absolute atomic E-state index is 14.1. The summed E-state index contributed by atoms with van der Waals surface area (Å²) in [6.07, 6.45) is 5.03. The molecule has 0 unspecified atom stereocenters. The molecule has 0 atom stereocenters. The number of methoxy groups -OCH3 is 1. The summed E-state index contributed by atoms with van der Waals surface area (Å²) < 4.78 is 159. The van der Waals surface area contributed by atoms with Crippen LogP contribution in [-0.2, 0) is 64.1 Å². The molecule has 0 amide bonds. The van der Waals surface area contributed by atoms with E-state index in [1.54, 1.807) is 62.6 Å². The number of benzene rings is 8. The Morgan fingerprint density at radius 3 is 1.22 bits per heavy atom. The molecule has 0 aromatic heterocycles. The van der Waals surface area contributed by atoms with Gasteiger partial charge in [0.05, 0.1) is 55.7 Å². The third-order valence-corrected chi connectivity index (χ3v) is 20.1. The van der Waals surface area contributed by atoms with Gasteiger partial charge in [-0.1, -0.05) is 83.9 Å². The number of sulfone groups is 2. The first-order valence-corrected chi connectivity index (χ1v) is 31.7. The highest BCUT2D eigenvalue weighted by atomic mass is 32.2. The summed E-state index contributed by atoms with van der Waals surface area (Å²) >= 11 is 0.938. The fraction of sp³-hybridized carbons (Fsp3) is 0.143. The summed E-state index contributed by atoms with van der Waals surface area (Å²) in [5, 5.41) is 24.9. The van der Waals surface area contributed by atoms with Gasteiger partial charge in [-0.05, 0) is 163 Å². The number of ether oxygens (including phenoxy) is 4. The minimum absolute atomic E-state index is 0.00980. The first-order chi connectivity index (χ1) is 39.1. The van der Waals surface area contributed by atoms with Crippen LogP contribution in [0.1, 0.15) is 48.8 Å². The molecule has 1 aliphatic carbocycles. The zero-order chi connectivity index (χ0) is 58.5. The Labute approximate surface area is 480 Å². The Bertz CT molecular complexity index is 4080. The number of rotatable bonds is 22. The molecule has 1 fully saturated rings. The third kappa shape index (κ3) is 13.3. The van der Waals surface area contributed by atoms with E-state index in [2.05, 4.69) is 30.9 Å². The van der Waals surface area contributed by atoms with E-state index < -0.39 is 59.5 Å². The van der Waals surface area contributed by atoms with Gasteiger partial charge in [0.15, 0.2) is 0 Å². The first kappa shape index (κ1) is 59.8. The number of hydrogen-bond acceptors (Lipinski definition) is 20. The molecular weight excluding hydrogens is 1180 g/mol. The molecular formula is C56H48O20S6. The predicted octanol–water partition coefficient (Wildman–Crippen LogP) is 13.3. The van der Waals surface area contributed by atoms with Crippen molar-refractivity contribution in [2.45, 2.75) is 83.6 Å². The molecule has 9 rings (SSSR count). The molecule has 82 heavy (non-hydrogen) atoms. The van der Waals surface area contributed by atoms with Crippen molar-refractivity contribution in [1.82, 2.24) is 0 Å². The van der Waals surface area contributed by atoms with Crippen LogP contribution in [0.3, 0.4) is 0 Å². The Balaban J connectivity index is 0.893. The molecule has 20 nitrogen and oxygen atoms in total. The van der Waals surface area contributed by atoms with E-state index in [-0.39, 0.29) is 59.5 Å². The van der Waals surface area contributed by atoms with Crippen LogP contribution in [0.5, 0.6) is 40.2 Å². The van der Waals surface area contributed by atoms with Gasteiger partial charge in [-0.15, -0.1) is 8.67 Å². The van der Waals surface area contributed by atoms with E-state index in [1.807, 2.05) is 24.3 Å². The van der Waals surface area contributed by atoms with Crippen molar-refractivity contribution >= 4 is 64.0 Å². The SMILES string of the molecule is COc1ccc(C2(c3ccc(Oc4ccc(S(=O)(=O)c5ccc(Oc6ccc(-c7ccc(Oc8ccc(S(=O)(=O)c9ccc(C)c(SOOO)c9)cc8S(=O)(=O)O)cc7)cc6)c(SOOO)c5)cc4S(=O)(=O)O)cc3)CCCCC2)cc1. The summed E-state index contributed by atoms with van der Waals surface area (Å²) in [5.41, 5.74) is 3.82. The predicted molar refractivity (Wildman–Crippen MR) is 298 cm³/mol. The van der Waals surface area contributed by atoms with E-state index in [0.29, 0.717) is 40.8 Å². The van der Waals surface area contributed by atoms with Gasteiger partial charge in [0.2, 0.25) is 19.7 Å². The van der Waals surface area contributed by atoms with Crippen molar-refractivity contribution in [1.29, 1.82) is 0 Å². The zero-order valence-corrected chi connectivity index (χ0v) is 47.9. The second-order valence-corrected chi connectivity index (χ2v) is 26.6. The van der Waals surface area contributed by atoms with Gasteiger partial charge in [-0.3, -0.25) is 9.11 Å². The zero-order valence-electron chi connectivity index (χ0n) is 43.0. The van der Waals surface area contributed by atoms with Crippen molar-refractivity contribution < 1.29 is 91.0 Å². The standard InChI is InChI=1S/C56H48O20S6/c1-36-6-23-45(32-52(36)77-75-73-57)79(59,60)47-25-28-50(54(34-47)81(63,64)65)71-43-17-9-38(10-18-43)37-7-15-42(16-8-37)70-49-27-24-46(33-53(49)78-76-74-58)80(61,62)48-26-29-51(55(35-48)82(66,67)68)72-44-21-13-40(14-22-44)56(30-4-3-5-31-56)39-11-19-41(69-2)20-12-39/h6-29,32-35,57-58H,3-5,30-31H2,1-2H3,(H,63,64,65)(H,66,67,68). The highest BCUT2D eigenvalue weighted by Crippen LogP contribution is 2.47. The highest BCUT2D eigenvalue weighted by molar-refractivity contribution is 7.95. The monoisotopic (exact) mass is 1230 g/mol. The summed E-state index contributed by atoms with van der Waals surface area (Å²) in [4.78, 5) is -2.95. The summed E-state index contributed by atoms with van der Waals surface area (Å²) in [6, 6.07) is 41.7. The molecule has 26 heteroatoms. The van der Waals surface area contributed by atoms with Gasteiger partial charge in [-0.25, -0.2) is 27.4 Å². The average Bonchev–Trinajstić information content (AvgIpc) is 3.48. The Morgan fingerprint density at radius 2 is 0.793 bits per heavy atom. The van der Waals surface area contributed by atoms with Gasteiger partial charge in [-0.2, -0.15) is 16.8 Å². The van der Waals surface area contributed by atoms with Crippen LogP contribution in [-0.4, -0.2) is 60.4 Å². The minimum atomic E-state index is -5.06. The van der Waals surface area contributed by atoms with E-state index in [1.165, 1.54) is 42.5 Å². The fourth-order valence-electron chi connectivity index (χ4n) is 9.36. The van der Waals surface area contributed by atoms with Crippen molar-refractivity contribution in [3.8, 4) is 51.4 Å². The van der Waals surface area contributed by atoms with Crippen LogP contribution in [0.25, 0.3) is 11.1 Å². The second-order valence-electron chi connectivity index (χ2n) is 18.4. The van der Waals surface area contributed by atoms with Crippen LogP contribution in [0, 0.1) is 6.92 Å². The van der Waals surface area contributed by atoms with Gasteiger partial charge < -0.3 is 18.9 Å². The largest absolute Gasteiger partial charge is 0.497 e. The van der Waals surface area contributed by atoms with Gasteiger partial charge in [0.25, 0.3) is 20.2 Å². The highest BCUT2D eigenvalue weighted by Gasteiger charge is 2.36. The van der Waals surface area contributed by atoms with Crippen LogP contribution in [0.2, 0.25) is 0 Å². The van der Waals surface area contributed by atoms with Crippen LogP contribution < -0.4 is 18.9 Å². The summed E-state index contributed by atoms with van der Waals surface area (Å²) in [6.45, 7) is 1.65. The molecule has 1 aliphatic rings. The van der Waals surface area contributed by atoms with Crippen molar-refractivity contribution in [3.05, 3.63) is 187 Å². The van der Waals surface area contributed by atoms with E-state index in [9.17, 15) is 42.8 Å². The lowest BCUT2D eigenvalue weighted by Gasteiger charge is -2.38. The average molecular weight is 1230 g/mol. The lowest BCUT2D eigenvalue weighted by atomic mass is 9.65. The summed E-state index contributed by atoms with van der Waals surface area (Å²) in [5.74, 6) is 0.709. The molecule has 8 aromatic rings. The maximum atomic E-state index is 14.1. The Hall–Kier alpha value is -6.86. The molecule has 4 N–H and O–H groups in total. The molecule has 0 saturated heterocycles. The lowest BCUT2D eigenvalue weighted by Crippen LogP contribution is -2.30. The molecule has 428 valence electrons. The third-order valence-electron chi connectivity index (χ3n) is 13.5. The summed E-state index contributed by atoms with van der Waals surface area (Å²) in [7, 11) is -17.4. The normalized spacial score (nSPS) is 13.8. The van der Waals surface area contributed by atoms with Gasteiger partial charge in [0, 0.05) is 10.3 Å². The first-order valence-electron chi connectivity index (χ1n) is 24.4. The van der Waals surface area contributed by atoms with Gasteiger partial charge in [0.1, 0.15) is 50.0 Å². The topological polar surface area (TPSA) is 291 Å². The van der Waals surface area contributed by atoms with Crippen molar-refractivity contribution in [3.63, 3.8) is 0 Å². The molecule has 0 bridgehead atoms. The quantitative estimate of drug-likeness (QED) is 0.0212. The Morgan fingerprint density at radius 1 is 0.427 bits per heavy atom. The van der Waals surface area contributed by atoms with E-state index in [0.717, 1.165) is 91.4 Å². The fourth-order valence-corrected chi connectivity index (χ4v) is 14.5. The van der Waals surface area contributed by atoms with Crippen LogP contribution in [0.4, 0.5) is 0 Å². The molecule has 0 heterocycles. The van der Waals surface area contributed by atoms with E-state index in [4.69, 9.17) is 29.5 Å². The van der Waals surface area contributed by atoms with Crippen molar-refractivity contribution in [2.75, 3.05) is 7.11 Å². The smallest absolute Gasteiger partial charge is 0.298 e. The van der Waals surface area contributed by atoms with Gasteiger partial charge >= 0.3 is 0 Å². The minimum Gasteiger partial charge on any atom is -0.497 e. The molecule has 1 saturated carbocycles. The molecule has 0 spiro atoms. The van der Waals surface area contributed by atoms with E-state index >= 15 is 0 Å². The lowest BCUT2D eigenvalue weighted by molar-refractivity contribution is -0.432.